The smallest absolute Gasteiger partial charge is 0.332 e. The molecule has 1 aromatic rings. The number of nitrogens with zero attached hydrogens (tertiary/aromatic N) is 1. The Balaban J connectivity index is 1.79. The Morgan fingerprint density at radius 3 is 2.71 bits per heavy atom. The second-order valence-electron chi connectivity index (χ2n) is 6.47. The highest BCUT2D eigenvalue weighted by Gasteiger charge is 2.55. The second-order valence-corrected chi connectivity index (χ2v) is 6.47. The van der Waals surface area contributed by atoms with Crippen molar-refractivity contribution in [3.63, 3.8) is 0 Å². The van der Waals surface area contributed by atoms with E-state index >= 15 is 0 Å². The summed E-state index contributed by atoms with van der Waals surface area (Å²) in [5.74, 6) is 0.909. The molecule has 0 bridgehead atoms. The highest BCUT2D eigenvalue weighted by Crippen LogP contribution is 2.40. The number of hydrogen-bond donors (Lipinski definition) is 0. The Morgan fingerprint density at radius 1 is 1.33 bits per heavy atom. The molecule has 1 aromatic carbocycles. The van der Waals surface area contributed by atoms with Crippen LogP contribution in [0.4, 0.5) is 0 Å². The van der Waals surface area contributed by atoms with Crippen LogP contribution in [0.1, 0.15) is 31.7 Å². The third kappa shape index (κ3) is 2.70. The number of amides is 1. The molecule has 0 radical (unpaired) electrons. The zero-order valence-electron chi connectivity index (χ0n) is 14.3. The van der Waals surface area contributed by atoms with Gasteiger partial charge in [-0.05, 0) is 37.5 Å². The maximum atomic E-state index is 12.8. The number of carbonyl (C=O) groups is 2. The van der Waals surface area contributed by atoms with E-state index in [1.54, 1.807) is 31.3 Å². The van der Waals surface area contributed by atoms with E-state index in [9.17, 15) is 9.59 Å². The van der Waals surface area contributed by atoms with Crippen molar-refractivity contribution >= 4 is 11.9 Å². The van der Waals surface area contributed by atoms with E-state index in [4.69, 9.17) is 14.2 Å². The summed E-state index contributed by atoms with van der Waals surface area (Å²) < 4.78 is 15.8. The Morgan fingerprint density at radius 2 is 2.08 bits per heavy atom. The largest absolute Gasteiger partial charge is 0.493 e. The molecule has 3 rings (SSSR count). The van der Waals surface area contributed by atoms with Crippen molar-refractivity contribution < 1.29 is 23.8 Å². The summed E-state index contributed by atoms with van der Waals surface area (Å²) in [7, 11) is 3.14. The van der Waals surface area contributed by atoms with E-state index in [2.05, 4.69) is 0 Å². The molecular weight excluding hydrogens is 310 g/mol. The summed E-state index contributed by atoms with van der Waals surface area (Å²) in [6.07, 6.45) is 2.20. The van der Waals surface area contributed by atoms with Gasteiger partial charge in [0.1, 0.15) is 11.6 Å². The number of cyclic esters (lactones) is 1. The molecule has 2 fully saturated rings. The third-order valence-electron chi connectivity index (χ3n) is 4.91. The lowest BCUT2D eigenvalue weighted by molar-refractivity contribution is -0.154. The van der Waals surface area contributed by atoms with Gasteiger partial charge in [0, 0.05) is 13.0 Å². The predicted octanol–water partition coefficient (Wildman–Crippen LogP) is 1.94. The molecule has 0 saturated carbocycles. The van der Waals surface area contributed by atoms with Crippen LogP contribution in [0.2, 0.25) is 0 Å². The lowest BCUT2D eigenvalue weighted by atomic mass is 9.92. The van der Waals surface area contributed by atoms with Gasteiger partial charge in [0.15, 0.2) is 11.5 Å². The zero-order valence-corrected chi connectivity index (χ0v) is 14.3. The standard InChI is InChI=1S/C18H23NO5/c1-12-11-18(17(21)24-12)7-4-8-19(18)16(20)10-13-5-6-14(22-2)15(9-13)23-3/h5-6,9,12H,4,7-8,10-11H2,1-3H3. The van der Waals surface area contributed by atoms with Crippen molar-refractivity contribution in [3.8, 4) is 11.5 Å². The first-order valence-corrected chi connectivity index (χ1v) is 8.22. The average molecular weight is 333 g/mol. The van der Waals surface area contributed by atoms with E-state index in [0.29, 0.717) is 30.9 Å². The molecule has 6 nitrogen and oxygen atoms in total. The summed E-state index contributed by atoms with van der Waals surface area (Å²) >= 11 is 0. The number of likely N-dealkylation sites (tertiary alicyclic amines) is 1. The Kier molecular flexibility index (Phi) is 4.39. The number of hydrogen-bond acceptors (Lipinski definition) is 5. The monoisotopic (exact) mass is 333 g/mol. The van der Waals surface area contributed by atoms with Crippen LogP contribution >= 0.6 is 0 Å². The van der Waals surface area contributed by atoms with Crippen LogP contribution in [0.25, 0.3) is 0 Å². The number of methoxy groups -OCH3 is 2. The number of rotatable bonds is 4. The van der Waals surface area contributed by atoms with Crippen LogP contribution < -0.4 is 9.47 Å². The average Bonchev–Trinajstić information content (AvgIpc) is 3.11. The number of esters is 1. The van der Waals surface area contributed by atoms with Crippen molar-refractivity contribution in [2.24, 2.45) is 0 Å². The predicted molar refractivity (Wildman–Crippen MR) is 87.1 cm³/mol. The van der Waals surface area contributed by atoms with Crippen LogP contribution in [0.5, 0.6) is 11.5 Å². The Bertz CT molecular complexity index is 659. The Labute approximate surface area is 141 Å². The third-order valence-corrected chi connectivity index (χ3v) is 4.91. The van der Waals surface area contributed by atoms with Crippen LogP contribution in [0.15, 0.2) is 18.2 Å². The number of ether oxygens (including phenoxy) is 3. The molecule has 0 aromatic heterocycles. The lowest BCUT2D eigenvalue weighted by Gasteiger charge is -2.31. The first-order chi connectivity index (χ1) is 11.5. The van der Waals surface area contributed by atoms with E-state index in [1.807, 2.05) is 13.0 Å². The van der Waals surface area contributed by atoms with Gasteiger partial charge in [0.25, 0.3) is 0 Å². The number of carbonyl (C=O) groups excluding carboxylic acids is 2. The van der Waals surface area contributed by atoms with Gasteiger partial charge in [-0.1, -0.05) is 6.07 Å². The molecule has 2 unspecified atom stereocenters. The topological polar surface area (TPSA) is 65.1 Å². The molecule has 1 amide bonds. The molecule has 2 aliphatic heterocycles. The van der Waals surface area contributed by atoms with Gasteiger partial charge in [-0.2, -0.15) is 0 Å². The lowest BCUT2D eigenvalue weighted by Crippen LogP contribution is -2.51. The molecule has 0 N–H and O–H groups in total. The van der Waals surface area contributed by atoms with Crippen LogP contribution in [0.3, 0.4) is 0 Å². The molecule has 2 saturated heterocycles. The van der Waals surface area contributed by atoms with Crippen molar-refractivity contribution in [1.82, 2.24) is 4.90 Å². The quantitative estimate of drug-likeness (QED) is 0.788. The van der Waals surface area contributed by atoms with Gasteiger partial charge in [-0.3, -0.25) is 4.79 Å². The summed E-state index contributed by atoms with van der Waals surface area (Å²) in [6.45, 7) is 2.48. The van der Waals surface area contributed by atoms with Crippen LogP contribution in [0, 0.1) is 0 Å². The Hall–Kier alpha value is -2.24. The van der Waals surface area contributed by atoms with Crippen molar-refractivity contribution in [2.75, 3.05) is 20.8 Å². The van der Waals surface area contributed by atoms with Gasteiger partial charge in [-0.25, -0.2) is 4.79 Å². The second kappa shape index (κ2) is 6.34. The van der Waals surface area contributed by atoms with Gasteiger partial charge in [0.05, 0.1) is 20.6 Å². The summed E-state index contributed by atoms with van der Waals surface area (Å²) in [4.78, 5) is 26.9. The fourth-order valence-electron chi connectivity index (χ4n) is 3.82. The molecule has 0 aliphatic carbocycles. The minimum atomic E-state index is -0.757. The molecule has 1 spiro atoms. The highest BCUT2D eigenvalue weighted by atomic mass is 16.6. The maximum Gasteiger partial charge on any atom is 0.332 e. The van der Waals surface area contributed by atoms with Crippen molar-refractivity contribution in [3.05, 3.63) is 23.8 Å². The molecule has 130 valence electrons. The van der Waals surface area contributed by atoms with E-state index in [0.717, 1.165) is 12.0 Å². The molecule has 2 aliphatic rings. The molecule has 6 heteroatoms. The molecule has 24 heavy (non-hydrogen) atoms. The number of benzene rings is 1. The first-order valence-electron chi connectivity index (χ1n) is 8.22. The minimum absolute atomic E-state index is 0.0502. The zero-order chi connectivity index (χ0) is 17.3. The maximum absolute atomic E-state index is 12.8. The first kappa shape index (κ1) is 16.6. The van der Waals surface area contributed by atoms with Crippen LogP contribution in [-0.2, 0) is 20.7 Å². The molecule has 2 heterocycles. The van der Waals surface area contributed by atoms with Gasteiger partial charge < -0.3 is 19.1 Å². The molecular formula is C18H23NO5. The fraction of sp³-hybridized carbons (Fsp3) is 0.556. The van der Waals surface area contributed by atoms with E-state index in [1.165, 1.54) is 0 Å². The van der Waals surface area contributed by atoms with E-state index < -0.39 is 5.54 Å². The SMILES string of the molecule is COc1ccc(CC(=O)N2CCCC23CC(C)OC3=O)cc1OC. The highest BCUT2D eigenvalue weighted by molar-refractivity contribution is 5.91. The van der Waals surface area contributed by atoms with Crippen molar-refractivity contribution in [1.29, 1.82) is 0 Å². The van der Waals surface area contributed by atoms with Gasteiger partial charge in [0.2, 0.25) is 5.91 Å². The molecule has 2 atom stereocenters. The summed E-state index contributed by atoms with van der Waals surface area (Å²) in [5.41, 5.74) is 0.0756. The van der Waals surface area contributed by atoms with Crippen LogP contribution in [-0.4, -0.2) is 49.2 Å². The summed E-state index contributed by atoms with van der Waals surface area (Å²) in [6, 6.07) is 5.43. The normalized spacial score (nSPS) is 25.9. The van der Waals surface area contributed by atoms with Gasteiger partial charge >= 0.3 is 5.97 Å². The fourth-order valence-corrected chi connectivity index (χ4v) is 3.82. The minimum Gasteiger partial charge on any atom is -0.493 e. The van der Waals surface area contributed by atoms with E-state index in [-0.39, 0.29) is 24.4 Å². The van der Waals surface area contributed by atoms with Crippen molar-refractivity contribution in [2.45, 2.75) is 44.2 Å². The van der Waals surface area contributed by atoms with Gasteiger partial charge in [-0.15, -0.1) is 0 Å². The summed E-state index contributed by atoms with van der Waals surface area (Å²) in [5, 5.41) is 0.